The second-order valence-electron chi connectivity index (χ2n) is 5.96. The summed E-state index contributed by atoms with van der Waals surface area (Å²) in [7, 11) is 0. The summed E-state index contributed by atoms with van der Waals surface area (Å²) in [6, 6.07) is 20.5. The van der Waals surface area contributed by atoms with Gasteiger partial charge < -0.3 is 10.6 Å². The van der Waals surface area contributed by atoms with Crippen LogP contribution in [0.5, 0.6) is 0 Å². The fourth-order valence-corrected chi connectivity index (χ4v) is 3.03. The van der Waals surface area contributed by atoms with Gasteiger partial charge in [-0.15, -0.1) is 0 Å². The number of para-hydroxylation sites is 2. The molecular weight excluding hydrogens is 308 g/mol. The Bertz CT molecular complexity index is 905. The Morgan fingerprint density at radius 3 is 1.60 bits per heavy atom. The van der Waals surface area contributed by atoms with Crippen LogP contribution in [0, 0.1) is 0 Å². The number of rotatable bonds is 6. The van der Waals surface area contributed by atoms with Gasteiger partial charge in [0.25, 0.3) is 0 Å². The summed E-state index contributed by atoms with van der Waals surface area (Å²) in [5, 5.41) is 9.37. The number of hydrogen-bond donors (Lipinski definition) is 2. The molecule has 0 aliphatic carbocycles. The fourth-order valence-electron chi connectivity index (χ4n) is 3.03. The van der Waals surface area contributed by atoms with E-state index in [1.165, 1.54) is 0 Å². The molecule has 0 amide bonds. The summed E-state index contributed by atoms with van der Waals surface area (Å²) < 4.78 is 0. The molecule has 0 unspecified atom stereocenters. The molecule has 0 spiro atoms. The summed E-state index contributed by atoms with van der Waals surface area (Å²) in [4.78, 5) is 8.79. The zero-order chi connectivity index (χ0) is 16.9. The van der Waals surface area contributed by atoms with Gasteiger partial charge in [-0.2, -0.15) is 0 Å². The Kier molecular flexibility index (Phi) is 4.42. The van der Waals surface area contributed by atoms with Crippen molar-refractivity contribution < 1.29 is 0 Å². The minimum atomic E-state index is 0.907. The summed E-state index contributed by atoms with van der Waals surface area (Å²) in [6.07, 6.45) is 4.73. The lowest BCUT2D eigenvalue weighted by molar-refractivity contribution is 0.911. The number of nitrogens with one attached hydrogen (secondary N) is 2. The van der Waals surface area contributed by atoms with Crippen molar-refractivity contribution in [3.63, 3.8) is 0 Å². The average molecular weight is 328 g/mol. The van der Waals surface area contributed by atoms with E-state index in [9.17, 15) is 0 Å². The van der Waals surface area contributed by atoms with E-state index in [0.29, 0.717) is 0 Å². The number of benzene rings is 2. The predicted molar refractivity (Wildman–Crippen MR) is 105 cm³/mol. The molecule has 0 bridgehead atoms. The van der Waals surface area contributed by atoms with Crippen LogP contribution in [0.3, 0.4) is 0 Å². The molecule has 2 aromatic heterocycles. The highest BCUT2D eigenvalue weighted by Gasteiger charge is 2.02. The molecule has 4 aromatic rings. The van der Waals surface area contributed by atoms with E-state index in [2.05, 4.69) is 32.7 Å². The maximum Gasteiger partial charge on any atom is 0.0722 e. The molecule has 124 valence electrons. The van der Waals surface area contributed by atoms with Gasteiger partial charge in [-0.1, -0.05) is 36.4 Å². The Hall–Kier alpha value is -3.14. The number of fused-ring (bicyclic) bond motifs is 2. The van der Waals surface area contributed by atoms with E-state index in [1.54, 1.807) is 0 Å². The van der Waals surface area contributed by atoms with Gasteiger partial charge in [0.15, 0.2) is 0 Å². The minimum Gasteiger partial charge on any atom is -0.384 e. The number of hydrogen-bond acceptors (Lipinski definition) is 4. The normalized spacial score (nSPS) is 10.9. The Morgan fingerprint density at radius 1 is 0.600 bits per heavy atom. The first-order valence-electron chi connectivity index (χ1n) is 8.57. The SMILES string of the molecule is c1ccc2c(NCCCNc3ccnc4ccccc34)ccnc2c1. The molecule has 4 rings (SSSR count). The second kappa shape index (κ2) is 7.18. The predicted octanol–water partition coefficient (Wildman–Crippen LogP) is 4.70. The van der Waals surface area contributed by atoms with Gasteiger partial charge in [-0.25, -0.2) is 0 Å². The summed E-state index contributed by atoms with van der Waals surface area (Å²) in [5.41, 5.74) is 4.32. The summed E-state index contributed by atoms with van der Waals surface area (Å²) in [6.45, 7) is 1.81. The van der Waals surface area contributed by atoms with Gasteiger partial charge in [0.2, 0.25) is 0 Å². The minimum absolute atomic E-state index is 0.907. The first-order valence-corrected chi connectivity index (χ1v) is 8.57. The third kappa shape index (κ3) is 3.38. The molecule has 2 N–H and O–H groups in total. The van der Waals surface area contributed by atoms with E-state index in [0.717, 1.165) is 52.7 Å². The van der Waals surface area contributed by atoms with Crippen LogP contribution in [-0.4, -0.2) is 23.1 Å². The maximum atomic E-state index is 4.40. The summed E-state index contributed by atoms with van der Waals surface area (Å²) in [5.74, 6) is 0. The van der Waals surface area contributed by atoms with E-state index in [-0.39, 0.29) is 0 Å². The molecule has 0 aliphatic heterocycles. The second-order valence-corrected chi connectivity index (χ2v) is 5.96. The van der Waals surface area contributed by atoms with Crippen molar-refractivity contribution in [2.24, 2.45) is 0 Å². The molecule has 0 fully saturated rings. The summed E-state index contributed by atoms with van der Waals surface area (Å²) >= 11 is 0. The quantitative estimate of drug-likeness (QED) is 0.504. The van der Waals surface area contributed by atoms with Crippen LogP contribution in [0.2, 0.25) is 0 Å². The zero-order valence-electron chi connectivity index (χ0n) is 13.9. The van der Waals surface area contributed by atoms with Crippen molar-refractivity contribution >= 4 is 33.2 Å². The van der Waals surface area contributed by atoms with Crippen molar-refractivity contribution in [2.75, 3.05) is 23.7 Å². The largest absolute Gasteiger partial charge is 0.384 e. The molecule has 2 aromatic carbocycles. The lowest BCUT2D eigenvalue weighted by Crippen LogP contribution is -2.09. The zero-order valence-corrected chi connectivity index (χ0v) is 13.9. The van der Waals surface area contributed by atoms with Crippen molar-refractivity contribution in [3.05, 3.63) is 73.1 Å². The van der Waals surface area contributed by atoms with Gasteiger partial charge in [0.05, 0.1) is 11.0 Å². The fraction of sp³-hybridized carbons (Fsp3) is 0.143. The highest BCUT2D eigenvalue weighted by atomic mass is 14.9. The highest BCUT2D eigenvalue weighted by Crippen LogP contribution is 2.22. The number of nitrogens with zero attached hydrogens (tertiary/aromatic N) is 2. The molecule has 0 saturated carbocycles. The molecule has 0 radical (unpaired) electrons. The molecule has 25 heavy (non-hydrogen) atoms. The Labute approximate surface area is 146 Å². The van der Waals surface area contributed by atoms with Gasteiger partial charge in [-0.3, -0.25) is 9.97 Å². The van der Waals surface area contributed by atoms with Gasteiger partial charge in [0.1, 0.15) is 0 Å². The number of aromatic nitrogens is 2. The smallest absolute Gasteiger partial charge is 0.0722 e. The first kappa shape index (κ1) is 15.4. The molecule has 4 heteroatoms. The Balaban J connectivity index is 1.35. The third-order valence-electron chi connectivity index (χ3n) is 4.28. The van der Waals surface area contributed by atoms with Crippen molar-refractivity contribution in [3.8, 4) is 0 Å². The number of pyridine rings is 2. The van der Waals surface area contributed by atoms with E-state index in [4.69, 9.17) is 0 Å². The van der Waals surface area contributed by atoms with Crippen LogP contribution in [-0.2, 0) is 0 Å². The molecule has 0 atom stereocenters. The van der Waals surface area contributed by atoms with E-state index >= 15 is 0 Å². The maximum absolute atomic E-state index is 4.40. The molecule has 2 heterocycles. The van der Waals surface area contributed by atoms with E-state index < -0.39 is 0 Å². The molecule has 0 aliphatic rings. The lowest BCUT2D eigenvalue weighted by atomic mass is 10.2. The molecule has 0 saturated heterocycles. The van der Waals surface area contributed by atoms with Crippen molar-refractivity contribution in [1.82, 2.24) is 9.97 Å². The van der Waals surface area contributed by atoms with Crippen molar-refractivity contribution in [2.45, 2.75) is 6.42 Å². The Morgan fingerprint density at radius 2 is 1.08 bits per heavy atom. The van der Waals surface area contributed by atoms with Gasteiger partial charge in [0, 0.05) is 47.6 Å². The topological polar surface area (TPSA) is 49.8 Å². The molecule has 4 nitrogen and oxygen atoms in total. The average Bonchev–Trinajstić information content (AvgIpc) is 2.68. The third-order valence-corrected chi connectivity index (χ3v) is 4.28. The van der Waals surface area contributed by atoms with Gasteiger partial charge >= 0.3 is 0 Å². The van der Waals surface area contributed by atoms with E-state index in [1.807, 2.05) is 60.9 Å². The standard InChI is InChI=1S/C21H20N4/c1-3-8-18-16(6-1)20(10-14-24-18)22-12-5-13-23-21-11-15-25-19-9-4-2-7-17(19)21/h1-4,6-11,14-15H,5,12-13H2,(H,22,24)(H,23,25). The lowest BCUT2D eigenvalue weighted by Gasteiger charge is -2.11. The first-order chi connectivity index (χ1) is 12.4. The van der Waals surface area contributed by atoms with Crippen LogP contribution in [0.25, 0.3) is 21.8 Å². The van der Waals surface area contributed by atoms with Crippen LogP contribution in [0.15, 0.2) is 73.1 Å². The van der Waals surface area contributed by atoms with Crippen LogP contribution >= 0.6 is 0 Å². The highest BCUT2D eigenvalue weighted by molar-refractivity contribution is 5.91. The van der Waals surface area contributed by atoms with Crippen LogP contribution in [0.4, 0.5) is 11.4 Å². The van der Waals surface area contributed by atoms with Crippen LogP contribution < -0.4 is 10.6 Å². The van der Waals surface area contributed by atoms with Gasteiger partial charge in [-0.05, 0) is 30.7 Å². The van der Waals surface area contributed by atoms with Crippen molar-refractivity contribution in [1.29, 1.82) is 0 Å². The number of anilines is 2. The monoisotopic (exact) mass is 328 g/mol. The van der Waals surface area contributed by atoms with Crippen LogP contribution in [0.1, 0.15) is 6.42 Å². The molecular formula is C21H20N4.